The van der Waals surface area contributed by atoms with Crippen LogP contribution in [0.25, 0.3) is 40.7 Å². The van der Waals surface area contributed by atoms with Gasteiger partial charge in [0, 0.05) is 31.3 Å². The molecular weight excluding hydrogens is 400 g/mol. The molecule has 30 heavy (non-hydrogen) atoms. The first-order chi connectivity index (χ1) is 14.8. The van der Waals surface area contributed by atoms with E-state index >= 15 is 0 Å². The number of hydrogen-bond acceptors (Lipinski definition) is 2. The van der Waals surface area contributed by atoms with Gasteiger partial charge in [0.2, 0.25) is 0 Å². The molecule has 0 unspecified atom stereocenters. The molecule has 0 amide bonds. The van der Waals surface area contributed by atoms with Gasteiger partial charge in [-0.1, -0.05) is 78.6 Å². The van der Waals surface area contributed by atoms with E-state index < -0.39 is 0 Å². The SMILES string of the molecule is C(#Cc1ccc2c(c1)sc1c3ccc(-c4ccccc4)cc3sc21)c1ccccc1. The Bertz CT molecular complexity index is 1570. The van der Waals surface area contributed by atoms with Crippen LogP contribution in [0.5, 0.6) is 0 Å². The zero-order valence-electron chi connectivity index (χ0n) is 16.1. The lowest BCUT2D eigenvalue weighted by molar-refractivity contribution is 1.64. The average molecular weight is 417 g/mol. The molecule has 0 aliphatic heterocycles. The molecule has 0 aliphatic carbocycles. The van der Waals surface area contributed by atoms with E-state index in [1.165, 1.54) is 40.7 Å². The molecule has 140 valence electrons. The summed E-state index contributed by atoms with van der Waals surface area (Å²) in [5.41, 5.74) is 4.66. The van der Waals surface area contributed by atoms with E-state index in [2.05, 4.69) is 78.6 Å². The molecule has 6 aromatic rings. The van der Waals surface area contributed by atoms with Crippen molar-refractivity contribution in [2.75, 3.05) is 0 Å². The van der Waals surface area contributed by atoms with Crippen molar-refractivity contribution in [1.82, 2.24) is 0 Å². The first-order valence-corrected chi connectivity index (χ1v) is 11.5. The van der Waals surface area contributed by atoms with Gasteiger partial charge in [-0.3, -0.25) is 0 Å². The van der Waals surface area contributed by atoms with E-state index in [0.29, 0.717) is 0 Å². The van der Waals surface area contributed by atoms with Crippen molar-refractivity contribution in [2.24, 2.45) is 0 Å². The fourth-order valence-electron chi connectivity index (χ4n) is 3.81. The number of fused-ring (bicyclic) bond motifs is 5. The molecule has 0 atom stereocenters. The van der Waals surface area contributed by atoms with E-state index in [4.69, 9.17) is 0 Å². The van der Waals surface area contributed by atoms with Gasteiger partial charge in [-0.05, 0) is 41.5 Å². The molecule has 2 heterocycles. The highest BCUT2D eigenvalue weighted by Gasteiger charge is 2.13. The van der Waals surface area contributed by atoms with Crippen molar-refractivity contribution in [3.05, 3.63) is 108 Å². The Hall–Kier alpha value is -3.38. The fraction of sp³-hybridized carbons (Fsp3) is 0. The van der Waals surface area contributed by atoms with Crippen molar-refractivity contribution >= 4 is 52.2 Å². The molecule has 0 aliphatic rings. The van der Waals surface area contributed by atoms with Crippen molar-refractivity contribution in [3.8, 4) is 23.0 Å². The van der Waals surface area contributed by atoms with Crippen LogP contribution in [-0.2, 0) is 0 Å². The Kier molecular flexibility index (Phi) is 4.16. The van der Waals surface area contributed by atoms with Crippen molar-refractivity contribution in [2.45, 2.75) is 0 Å². The fourth-order valence-corrected chi connectivity index (χ4v) is 6.54. The second-order valence-electron chi connectivity index (χ2n) is 7.27. The Morgan fingerprint density at radius 1 is 0.467 bits per heavy atom. The molecule has 0 N–H and O–H groups in total. The van der Waals surface area contributed by atoms with Crippen LogP contribution in [-0.4, -0.2) is 0 Å². The quantitative estimate of drug-likeness (QED) is 0.236. The third-order valence-electron chi connectivity index (χ3n) is 5.31. The Balaban J connectivity index is 1.45. The number of rotatable bonds is 1. The summed E-state index contributed by atoms with van der Waals surface area (Å²) in [4.78, 5) is 0. The van der Waals surface area contributed by atoms with Crippen LogP contribution < -0.4 is 0 Å². The zero-order valence-corrected chi connectivity index (χ0v) is 17.7. The summed E-state index contributed by atoms with van der Waals surface area (Å²) >= 11 is 3.78. The first-order valence-electron chi connectivity index (χ1n) is 9.86. The van der Waals surface area contributed by atoms with Crippen LogP contribution >= 0.6 is 22.7 Å². The van der Waals surface area contributed by atoms with Gasteiger partial charge in [0.25, 0.3) is 0 Å². The molecule has 0 saturated carbocycles. The molecule has 0 fully saturated rings. The van der Waals surface area contributed by atoms with Gasteiger partial charge in [-0.25, -0.2) is 0 Å². The van der Waals surface area contributed by atoms with Crippen LogP contribution in [0.2, 0.25) is 0 Å². The van der Waals surface area contributed by atoms with Gasteiger partial charge in [-0.2, -0.15) is 0 Å². The number of benzene rings is 4. The van der Waals surface area contributed by atoms with E-state index in [1.807, 2.05) is 53.0 Å². The third-order valence-corrected chi connectivity index (χ3v) is 7.82. The summed E-state index contributed by atoms with van der Waals surface area (Å²) in [5, 5.41) is 2.69. The summed E-state index contributed by atoms with van der Waals surface area (Å²) < 4.78 is 5.44. The van der Waals surface area contributed by atoms with E-state index in [1.54, 1.807) is 0 Å². The molecule has 6 rings (SSSR count). The third kappa shape index (κ3) is 3.00. The molecule has 0 saturated heterocycles. The normalized spacial score (nSPS) is 11.1. The highest BCUT2D eigenvalue weighted by molar-refractivity contribution is 7.36. The van der Waals surface area contributed by atoms with E-state index in [9.17, 15) is 0 Å². The average Bonchev–Trinajstić information content (AvgIpc) is 3.34. The largest absolute Gasteiger partial charge is 0.134 e. The van der Waals surface area contributed by atoms with Gasteiger partial charge in [0.1, 0.15) is 0 Å². The van der Waals surface area contributed by atoms with Crippen LogP contribution in [0.4, 0.5) is 0 Å². The minimum absolute atomic E-state index is 1.05. The van der Waals surface area contributed by atoms with E-state index in [0.717, 1.165) is 11.1 Å². The van der Waals surface area contributed by atoms with Crippen molar-refractivity contribution < 1.29 is 0 Å². The smallest absolute Gasteiger partial charge is 0.0542 e. The molecule has 2 heteroatoms. The van der Waals surface area contributed by atoms with Gasteiger partial charge in [-0.15, -0.1) is 22.7 Å². The molecular formula is C28H16S2. The number of hydrogen-bond donors (Lipinski definition) is 0. The van der Waals surface area contributed by atoms with Crippen LogP contribution in [0.1, 0.15) is 11.1 Å². The van der Waals surface area contributed by atoms with Gasteiger partial charge in [0.15, 0.2) is 0 Å². The summed E-state index contributed by atoms with van der Waals surface area (Å²) in [5.74, 6) is 6.57. The Morgan fingerprint density at radius 3 is 1.80 bits per heavy atom. The van der Waals surface area contributed by atoms with Crippen LogP contribution in [0.15, 0.2) is 97.1 Å². The molecule has 0 bridgehead atoms. The van der Waals surface area contributed by atoms with Gasteiger partial charge < -0.3 is 0 Å². The maximum Gasteiger partial charge on any atom is 0.0542 e. The molecule has 4 aromatic carbocycles. The van der Waals surface area contributed by atoms with Crippen molar-refractivity contribution in [3.63, 3.8) is 0 Å². The predicted molar refractivity (Wildman–Crippen MR) is 133 cm³/mol. The summed E-state index contributed by atoms with van der Waals surface area (Å²) in [6.07, 6.45) is 0. The predicted octanol–water partition coefficient (Wildman–Crippen LogP) is 8.34. The molecule has 2 aromatic heterocycles. The molecule has 0 spiro atoms. The second kappa shape index (κ2) is 7.15. The number of thiophene rings is 2. The summed E-state index contributed by atoms with van der Waals surface area (Å²) in [6, 6.07) is 34.2. The Morgan fingerprint density at radius 2 is 1.07 bits per heavy atom. The van der Waals surface area contributed by atoms with Crippen LogP contribution in [0, 0.1) is 11.8 Å². The zero-order chi connectivity index (χ0) is 19.9. The first kappa shape index (κ1) is 17.5. The standard InChI is InChI=1S/C28H16S2/c1-3-7-19(8-4-1)11-12-20-13-15-23-25(17-20)29-28-24-16-14-22(18-26(24)30-27(23)28)21-9-5-2-6-10-21/h1-10,13-18H. The topological polar surface area (TPSA) is 0 Å². The Labute approximate surface area is 183 Å². The second-order valence-corrected chi connectivity index (χ2v) is 9.37. The van der Waals surface area contributed by atoms with E-state index in [-0.39, 0.29) is 0 Å². The van der Waals surface area contributed by atoms with Gasteiger partial charge in [0.05, 0.1) is 9.40 Å². The maximum absolute atomic E-state index is 3.31. The lowest BCUT2D eigenvalue weighted by Crippen LogP contribution is -1.75. The minimum Gasteiger partial charge on any atom is -0.134 e. The van der Waals surface area contributed by atoms with Crippen LogP contribution in [0.3, 0.4) is 0 Å². The highest BCUT2D eigenvalue weighted by atomic mass is 32.1. The maximum atomic E-state index is 3.31. The summed E-state index contributed by atoms with van der Waals surface area (Å²) in [6.45, 7) is 0. The lowest BCUT2D eigenvalue weighted by Gasteiger charge is -2.01. The highest BCUT2D eigenvalue weighted by Crippen LogP contribution is 2.45. The minimum atomic E-state index is 1.05. The molecule has 0 nitrogen and oxygen atoms in total. The van der Waals surface area contributed by atoms with Gasteiger partial charge >= 0.3 is 0 Å². The lowest BCUT2D eigenvalue weighted by atomic mass is 10.0. The molecule has 0 radical (unpaired) electrons. The van der Waals surface area contributed by atoms with Crippen molar-refractivity contribution in [1.29, 1.82) is 0 Å². The summed E-state index contributed by atoms with van der Waals surface area (Å²) in [7, 11) is 0. The monoisotopic (exact) mass is 416 g/mol.